The summed E-state index contributed by atoms with van der Waals surface area (Å²) in [4.78, 5) is 4.67. The predicted octanol–water partition coefficient (Wildman–Crippen LogP) is 36.6. The van der Waals surface area contributed by atoms with E-state index in [1.165, 1.54) is 154 Å². The van der Waals surface area contributed by atoms with E-state index in [4.69, 9.17) is 0 Å². The fourth-order valence-corrected chi connectivity index (χ4v) is 19.5. The lowest BCUT2D eigenvalue weighted by Crippen LogP contribution is -2.10. The molecule has 620 valence electrons. The Morgan fingerprint density at radius 3 is 0.636 bits per heavy atom. The van der Waals surface area contributed by atoms with E-state index in [1.54, 1.807) is 0 Å². The molecule has 0 fully saturated rings. The lowest BCUT2D eigenvalue weighted by molar-refractivity contribution is 1.30. The van der Waals surface area contributed by atoms with Gasteiger partial charge in [-0.1, -0.05) is 473 Å². The standard InChI is InChI=1S/C76H50.C54H40N2/c1-5-25-51(26-6-1)57-33-13-17-37-61(57)73-65-41-21-23-43-67(65)75(63-39-19-15-35-59(63)53-29-9-3-10-30-53)71-49-55(45-47-69(71)73)56-46-48-70-72(50-56)76(64-40-20-16-36-60(64)54-31-11-4-12-32-54)68-44-24-22-42-66(68)74(70)62-38-18-14-34-58(62)52-27-7-2-8-28-52;1-3-17-47(18-4-1)55(53-23-11-15-45-13-7-9-21-51(45)53)49-37-33-43(34-38-49)31-29-41-25-27-42(28-26-41)30-32-44-35-39-50(40-36-44)56(48-19-5-2-6-20-48)54-24-12-16-46-14-8-10-22-52(46)54/h1-50H;1-40H/b;31-29+,32-30+. The third-order valence-electron chi connectivity index (χ3n) is 25.7. The molecule has 2 nitrogen and oxygen atoms in total. The Bertz CT molecular complexity index is 7690. The van der Waals surface area contributed by atoms with Crippen LogP contribution in [0.5, 0.6) is 0 Å². The zero-order valence-electron chi connectivity index (χ0n) is 72.9. The van der Waals surface area contributed by atoms with Crippen LogP contribution in [0.2, 0.25) is 0 Å². The van der Waals surface area contributed by atoms with Crippen molar-refractivity contribution in [3.05, 3.63) is 544 Å². The van der Waals surface area contributed by atoms with Crippen LogP contribution in [0.25, 0.3) is 189 Å². The van der Waals surface area contributed by atoms with Gasteiger partial charge in [0.05, 0.1) is 11.4 Å². The van der Waals surface area contributed by atoms with Crippen molar-refractivity contribution in [1.29, 1.82) is 0 Å². The van der Waals surface area contributed by atoms with Crippen LogP contribution in [0.15, 0.2) is 522 Å². The summed E-state index contributed by atoms with van der Waals surface area (Å²) in [5, 5.41) is 14.7. The van der Waals surface area contributed by atoms with Crippen LogP contribution in [0.1, 0.15) is 22.3 Å². The number of hydrogen-bond acceptors (Lipinski definition) is 2. The van der Waals surface area contributed by atoms with Crippen LogP contribution >= 0.6 is 0 Å². The van der Waals surface area contributed by atoms with Gasteiger partial charge in [0.15, 0.2) is 0 Å². The third-order valence-corrected chi connectivity index (χ3v) is 25.7. The average molecular weight is 1680 g/mol. The van der Waals surface area contributed by atoms with E-state index in [1.807, 2.05) is 0 Å². The largest absolute Gasteiger partial charge is 0.310 e. The molecule has 0 unspecified atom stereocenters. The molecular weight excluding hydrogens is 1590 g/mol. The summed E-state index contributed by atoms with van der Waals surface area (Å²) in [6, 6.07) is 189. The number of anilines is 6. The van der Waals surface area contributed by atoms with Gasteiger partial charge in [0.1, 0.15) is 0 Å². The monoisotopic (exact) mass is 1680 g/mol. The van der Waals surface area contributed by atoms with Crippen molar-refractivity contribution in [1.82, 2.24) is 0 Å². The topological polar surface area (TPSA) is 6.48 Å². The van der Waals surface area contributed by atoms with Crippen LogP contribution in [-0.2, 0) is 0 Å². The van der Waals surface area contributed by atoms with Gasteiger partial charge in [-0.05, 0) is 249 Å². The van der Waals surface area contributed by atoms with Crippen molar-refractivity contribution in [3.8, 4) is 100 Å². The Morgan fingerprint density at radius 2 is 0.341 bits per heavy atom. The summed E-state index contributed by atoms with van der Waals surface area (Å²) < 4.78 is 0. The highest BCUT2D eigenvalue weighted by atomic mass is 15.1. The van der Waals surface area contributed by atoms with E-state index in [0.29, 0.717) is 0 Å². The summed E-state index contributed by atoms with van der Waals surface area (Å²) in [5.74, 6) is 0. The van der Waals surface area contributed by atoms with E-state index in [-0.39, 0.29) is 0 Å². The van der Waals surface area contributed by atoms with Gasteiger partial charge in [0.2, 0.25) is 0 Å². The Balaban J connectivity index is 0.000000162. The van der Waals surface area contributed by atoms with Crippen LogP contribution in [0.3, 0.4) is 0 Å². The van der Waals surface area contributed by atoms with Gasteiger partial charge in [-0.3, -0.25) is 0 Å². The van der Waals surface area contributed by atoms with Crippen molar-refractivity contribution in [2.75, 3.05) is 9.80 Å². The number of fused-ring (bicyclic) bond motifs is 6. The average Bonchev–Trinajstić information content (AvgIpc) is 0.719. The van der Waals surface area contributed by atoms with Crippen molar-refractivity contribution >= 4 is 123 Å². The fraction of sp³-hybridized carbons (Fsp3) is 0. The van der Waals surface area contributed by atoms with Gasteiger partial charge >= 0.3 is 0 Å². The van der Waals surface area contributed by atoms with Crippen LogP contribution in [-0.4, -0.2) is 0 Å². The van der Waals surface area contributed by atoms with Gasteiger partial charge in [-0.25, -0.2) is 0 Å². The first-order chi connectivity index (χ1) is 65.5. The minimum Gasteiger partial charge on any atom is -0.310 e. The first-order valence-electron chi connectivity index (χ1n) is 45.4. The van der Waals surface area contributed by atoms with Gasteiger partial charge < -0.3 is 9.80 Å². The van der Waals surface area contributed by atoms with Crippen molar-refractivity contribution in [2.24, 2.45) is 0 Å². The summed E-state index contributed by atoms with van der Waals surface area (Å²) in [5.41, 5.74) is 33.2. The summed E-state index contributed by atoms with van der Waals surface area (Å²) in [6.45, 7) is 0. The highest BCUT2D eigenvalue weighted by Crippen LogP contribution is 2.53. The first-order valence-corrected chi connectivity index (χ1v) is 45.4. The van der Waals surface area contributed by atoms with Crippen molar-refractivity contribution in [2.45, 2.75) is 0 Å². The predicted molar refractivity (Wildman–Crippen MR) is 567 cm³/mol. The van der Waals surface area contributed by atoms with Crippen molar-refractivity contribution in [3.63, 3.8) is 0 Å². The van der Waals surface area contributed by atoms with E-state index in [2.05, 4.69) is 556 Å². The molecule has 0 saturated carbocycles. The van der Waals surface area contributed by atoms with E-state index in [9.17, 15) is 0 Å². The minimum absolute atomic E-state index is 1.12. The Morgan fingerprint density at radius 1 is 0.129 bits per heavy atom. The third kappa shape index (κ3) is 16.0. The van der Waals surface area contributed by atoms with Crippen LogP contribution in [0, 0.1) is 0 Å². The number of benzene rings is 23. The molecule has 0 heterocycles. The fourth-order valence-electron chi connectivity index (χ4n) is 19.5. The molecule has 23 rings (SSSR count). The lowest BCUT2D eigenvalue weighted by Gasteiger charge is -2.27. The molecular formula is C130H90N2. The lowest BCUT2D eigenvalue weighted by atomic mass is 9.80. The molecule has 0 bridgehead atoms. The van der Waals surface area contributed by atoms with Gasteiger partial charge in [0.25, 0.3) is 0 Å². The molecule has 0 saturated heterocycles. The zero-order valence-corrected chi connectivity index (χ0v) is 72.9. The Labute approximate surface area is 771 Å². The molecule has 2 heteroatoms. The maximum Gasteiger partial charge on any atom is 0.0540 e. The molecule has 0 aliphatic carbocycles. The Hall–Kier alpha value is -17.3. The van der Waals surface area contributed by atoms with E-state index in [0.717, 1.165) is 67.5 Å². The molecule has 0 aromatic heterocycles. The molecule has 0 aliphatic heterocycles. The van der Waals surface area contributed by atoms with Crippen LogP contribution in [0.4, 0.5) is 34.1 Å². The smallest absolute Gasteiger partial charge is 0.0540 e. The highest BCUT2D eigenvalue weighted by molar-refractivity contribution is 6.26. The van der Waals surface area contributed by atoms with Gasteiger partial charge in [-0.2, -0.15) is 0 Å². The molecule has 0 atom stereocenters. The number of rotatable bonds is 19. The molecule has 0 N–H and O–H groups in total. The van der Waals surface area contributed by atoms with Crippen LogP contribution < -0.4 is 9.80 Å². The molecule has 23 aromatic carbocycles. The zero-order chi connectivity index (χ0) is 87.9. The second kappa shape index (κ2) is 36.6. The second-order valence-electron chi connectivity index (χ2n) is 33.6. The van der Waals surface area contributed by atoms with Crippen molar-refractivity contribution < 1.29 is 0 Å². The Kier molecular flexibility index (Phi) is 22.3. The number of para-hydroxylation sites is 2. The second-order valence-corrected chi connectivity index (χ2v) is 33.6. The maximum absolute atomic E-state index is 2.49. The maximum atomic E-state index is 2.49. The number of hydrogen-bond donors (Lipinski definition) is 0. The normalized spacial score (nSPS) is 11.4. The van der Waals surface area contributed by atoms with Gasteiger partial charge in [-0.15, -0.1) is 0 Å². The SMILES string of the molecule is C(=C\c1ccc(N(c2ccccc2)c2cccc3ccccc23)cc1)/c1ccc(/C=C/c2ccc(N(c3ccccc3)c3cccc4ccccc34)cc2)cc1.c1ccc(-c2ccccc2-c2c3ccccc3c(-c3ccccc3-c3ccccc3)c3cc(-c4ccc5c(-c6ccccc6-c6ccccc6)c6ccccc6c(-c6ccccc6-c6ccccc6)c5c4)ccc23)cc1. The van der Waals surface area contributed by atoms with E-state index < -0.39 is 0 Å². The minimum atomic E-state index is 1.12. The molecule has 0 amide bonds. The summed E-state index contributed by atoms with van der Waals surface area (Å²) in [6.07, 6.45) is 8.71. The highest BCUT2D eigenvalue weighted by Gasteiger charge is 2.26. The summed E-state index contributed by atoms with van der Waals surface area (Å²) in [7, 11) is 0. The molecule has 23 aromatic rings. The van der Waals surface area contributed by atoms with Gasteiger partial charge in [0, 0.05) is 33.5 Å². The summed E-state index contributed by atoms with van der Waals surface area (Å²) >= 11 is 0. The first kappa shape index (κ1) is 80.5. The molecule has 0 spiro atoms. The van der Waals surface area contributed by atoms with E-state index >= 15 is 0 Å². The molecule has 0 radical (unpaired) electrons. The quantitative estimate of drug-likeness (QED) is 0.0588. The number of nitrogens with zero attached hydrogens (tertiary/aromatic N) is 2. The molecule has 132 heavy (non-hydrogen) atoms. The molecule has 0 aliphatic rings.